The van der Waals surface area contributed by atoms with Crippen LogP contribution in [0.5, 0.6) is 0 Å². The van der Waals surface area contributed by atoms with Gasteiger partial charge in [0.05, 0.1) is 11.4 Å². The second-order valence-corrected chi connectivity index (χ2v) is 9.52. The molecule has 2 saturated heterocycles. The number of hydrogen-bond acceptors (Lipinski definition) is 5. The number of nitrogens with one attached hydrogen (secondary N) is 2. The second-order valence-electron chi connectivity index (χ2n) is 9.52. The molecular weight excluding hydrogens is 504 g/mol. The summed E-state index contributed by atoms with van der Waals surface area (Å²) in [5, 5.41) is 6.09. The summed E-state index contributed by atoms with van der Waals surface area (Å²) in [7, 11) is 0. The zero-order chi connectivity index (χ0) is 27.4. The zero-order valence-electron chi connectivity index (χ0n) is 21.3. The molecule has 10 heteroatoms. The van der Waals surface area contributed by atoms with E-state index in [1.54, 1.807) is 28.0 Å². The zero-order valence-corrected chi connectivity index (χ0v) is 21.3. The molecular formula is C29H29F2N5O3. The van der Waals surface area contributed by atoms with Gasteiger partial charge in [-0.05, 0) is 60.7 Å². The maximum atomic E-state index is 13.8. The van der Waals surface area contributed by atoms with Gasteiger partial charge in [0, 0.05) is 69.0 Å². The van der Waals surface area contributed by atoms with Crippen molar-refractivity contribution in [2.45, 2.75) is 0 Å². The van der Waals surface area contributed by atoms with Crippen molar-refractivity contribution < 1.29 is 23.2 Å². The summed E-state index contributed by atoms with van der Waals surface area (Å²) in [4.78, 5) is 44.6. The summed E-state index contributed by atoms with van der Waals surface area (Å²) >= 11 is 0. The molecule has 0 aliphatic carbocycles. The fourth-order valence-corrected chi connectivity index (χ4v) is 4.85. The summed E-state index contributed by atoms with van der Waals surface area (Å²) < 4.78 is 27.0. The number of hydrogen-bond donors (Lipinski definition) is 2. The molecule has 0 radical (unpaired) electrons. The topological polar surface area (TPSA) is 85.0 Å². The van der Waals surface area contributed by atoms with Crippen molar-refractivity contribution in [3.63, 3.8) is 0 Å². The third-order valence-corrected chi connectivity index (χ3v) is 6.98. The van der Waals surface area contributed by atoms with E-state index in [2.05, 4.69) is 10.6 Å². The van der Waals surface area contributed by atoms with E-state index in [1.165, 1.54) is 42.5 Å². The van der Waals surface area contributed by atoms with Crippen LogP contribution in [0.1, 0.15) is 31.1 Å². The lowest BCUT2D eigenvalue weighted by Crippen LogP contribution is -2.49. The molecule has 3 amide bonds. The molecule has 0 unspecified atom stereocenters. The number of anilines is 2. The predicted molar refractivity (Wildman–Crippen MR) is 144 cm³/mol. The van der Waals surface area contributed by atoms with E-state index >= 15 is 0 Å². The Hall–Kier alpha value is -4.31. The highest BCUT2D eigenvalue weighted by Crippen LogP contribution is 2.30. The maximum Gasteiger partial charge on any atom is 0.255 e. The summed E-state index contributed by atoms with van der Waals surface area (Å²) in [5.74, 6) is -1.71. The molecule has 2 aliphatic rings. The van der Waals surface area contributed by atoms with Gasteiger partial charge >= 0.3 is 0 Å². The number of benzene rings is 3. The van der Waals surface area contributed by atoms with Crippen LogP contribution in [0, 0.1) is 11.6 Å². The monoisotopic (exact) mass is 533 g/mol. The quantitative estimate of drug-likeness (QED) is 0.526. The molecule has 0 spiro atoms. The smallest absolute Gasteiger partial charge is 0.255 e. The molecule has 202 valence electrons. The minimum atomic E-state index is -0.521. The first-order valence-electron chi connectivity index (χ1n) is 12.9. The molecule has 2 heterocycles. The van der Waals surface area contributed by atoms with Gasteiger partial charge in [-0.1, -0.05) is 6.07 Å². The third-order valence-electron chi connectivity index (χ3n) is 6.98. The first kappa shape index (κ1) is 26.3. The van der Waals surface area contributed by atoms with Gasteiger partial charge in [0.1, 0.15) is 11.6 Å². The summed E-state index contributed by atoms with van der Waals surface area (Å²) in [5.41, 5.74) is 2.16. The van der Waals surface area contributed by atoms with Crippen molar-refractivity contribution in [1.29, 1.82) is 0 Å². The van der Waals surface area contributed by atoms with Gasteiger partial charge in [0.15, 0.2) is 0 Å². The van der Waals surface area contributed by atoms with Crippen LogP contribution < -0.4 is 15.5 Å². The van der Waals surface area contributed by atoms with Crippen LogP contribution in [0.2, 0.25) is 0 Å². The molecule has 0 atom stereocenters. The Morgan fingerprint density at radius 3 is 2.00 bits per heavy atom. The second kappa shape index (κ2) is 11.6. The summed E-state index contributed by atoms with van der Waals surface area (Å²) in [6.07, 6.45) is 0. The molecule has 39 heavy (non-hydrogen) atoms. The molecule has 5 rings (SSSR count). The molecule has 3 aromatic carbocycles. The average Bonchev–Trinajstić information content (AvgIpc) is 2.97. The van der Waals surface area contributed by atoms with E-state index in [0.29, 0.717) is 74.9 Å². The summed E-state index contributed by atoms with van der Waals surface area (Å²) in [6, 6.07) is 16.1. The Morgan fingerprint density at radius 2 is 1.31 bits per heavy atom. The van der Waals surface area contributed by atoms with Crippen LogP contribution in [0.15, 0.2) is 66.7 Å². The Labute approximate surface area is 225 Å². The van der Waals surface area contributed by atoms with Gasteiger partial charge in [-0.3, -0.25) is 14.4 Å². The van der Waals surface area contributed by atoms with E-state index in [9.17, 15) is 23.2 Å². The van der Waals surface area contributed by atoms with Crippen molar-refractivity contribution >= 4 is 29.1 Å². The lowest BCUT2D eigenvalue weighted by molar-refractivity contribution is 0.0731. The van der Waals surface area contributed by atoms with E-state index in [0.717, 1.165) is 6.07 Å². The first-order chi connectivity index (χ1) is 18.9. The van der Waals surface area contributed by atoms with Gasteiger partial charge in [-0.15, -0.1) is 0 Å². The average molecular weight is 534 g/mol. The van der Waals surface area contributed by atoms with Gasteiger partial charge in [-0.25, -0.2) is 8.78 Å². The fourth-order valence-electron chi connectivity index (χ4n) is 4.85. The Kier molecular flexibility index (Phi) is 7.83. The number of nitrogens with zero attached hydrogens (tertiary/aromatic N) is 3. The number of halogens is 2. The minimum Gasteiger partial charge on any atom is -0.366 e. The van der Waals surface area contributed by atoms with E-state index in [-0.39, 0.29) is 17.4 Å². The first-order valence-corrected chi connectivity index (χ1v) is 12.9. The molecule has 0 bridgehead atoms. The third kappa shape index (κ3) is 6.06. The van der Waals surface area contributed by atoms with Gasteiger partial charge in [0.25, 0.3) is 17.7 Å². The van der Waals surface area contributed by atoms with Gasteiger partial charge in [-0.2, -0.15) is 0 Å². The van der Waals surface area contributed by atoms with Crippen LogP contribution in [-0.2, 0) is 0 Å². The summed E-state index contributed by atoms with van der Waals surface area (Å²) in [6.45, 7) is 4.44. The van der Waals surface area contributed by atoms with Crippen molar-refractivity contribution in [1.82, 2.24) is 15.1 Å². The molecule has 8 nitrogen and oxygen atoms in total. The van der Waals surface area contributed by atoms with Crippen molar-refractivity contribution in [2.24, 2.45) is 0 Å². The Balaban J connectivity index is 1.36. The van der Waals surface area contributed by atoms with E-state index in [4.69, 9.17) is 0 Å². The lowest BCUT2D eigenvalue weighted by atomic mass is 10.1. The molecule has 0 aromatic heterocycles. The predicted octanol–water partition coefficient (Wildman–Crippen LogP) is 3.22. The Bertz CT molecular complexity index is 1370. The molecule has 2 N–H and O–H groups in total. The van der Waals surface area contributed by atoms with Gasteiger partial charge in [0.2, 0.25) is 0 Å². The van der Waals surface area contributed by atoms with Crippen LogP contribution >= 0.6 is 0 Å². The molecule has 2 aliphatic heterocycles. The van der Waals surface area contributed by atoms with Crippen LogP contribution in [0.4, 0.5) is 20.2 Å². The normalized spacial score (nSPS) is 15.7. The highest BCUT2D eigenvalue weighted by Gasteiger charge is 2.26. The molecule has 3 aromatic rings. The maximum absolute atomic E-state index is 13.8. The lowest BCUT2D eigenvalue weighted by Gasteiger charge is -2.37. The standard InChI is InChI=1S/C29H29F2N5O3/c30-23-7-4-20(5-8-23)28(38)36-16-14-34(15-17-36)26-9-6-22(29(39)35-12-10-32-11-13-35)19-25(26)33-27(37)21-2-1-3-24(31)18-21/h1-9,18-19,32H,10-17H2,(H,33,37). The van der Waals surface area contributed by atoms with Crippen molar-refractivity contribution in [3.05, 3.63) is 95.1 Å². The van der Waals surface area contributed by atoms with Crippen molar-refractivity contribution in [3.8, 4) is 0 Å². The van der Waals surface area contributed by atoms with Crippen LogP contribution in [0.3, 0.4) is 0 Å². The number of amides is 3. The fraction of sp³-hybridized carbons (Fsp3) is 0.276. The Morgan fingerprint density at radius 1 is 0.667 bits per heavy atom. The van der Waals surface area contributed by atoms with Crippen molar-refractivity contribution in [2.75, 3.05) is 62.6 Å². The van der Waals surface area contributed by atoms with Crippen LogP contribution in [0.25, 0.3) is 0 Å². The highest BCUT2D eigenvalue weighted by molar-refractivity contribution is 6.07. The minimum absolute atomic E-state index is 0.126. The largest absolute Gasteiger partial charge is 0.366 e. The molecule has 2 fully saturated rings. The van der Waals surface area contributed by atoms with E-state index in [1.807, 2.05) is 4.90 Å². The number of piperazine rings is 2. The van der Waals surface area contributed by atoms with E-state index < -0.39 is 17.5 Å². The SMILES string of the molecule is O=C(Nc1cc(C(=O)N2CCNCC2)ccc1N1CCN(C(=O)c2ccc(F)cc2)CC1)c1cccc(F)c1. The number of carbonyl (C=O) groups is 3. The molecule has 0 saturated carbocycles. The highest BCUT2D eigenvalue weighted by atomic mass is 19.1. The van der Waals surface area contributed by atoms with Gasteiger partial charge < -0.3 is 25.3 Å². The number of rotatable bonds is 5. The number of carbonyl (C=O) groups excluding carboxylic acids is 3. The van der Waals surface area contributed by atoms with Crippen LogP contribution in [-0.4, -0.2) is 79.9 Å².